The van der Waals surface area contributed by atoms with E-state index in [1.807, 2.05) is 5.38 Å². The number of nitrogens with one attached hydrogen (secondary N) is 1. The van der Waals surface area contributed by atoms with Gasteiger partial charge in [-0.15, -0.1) is 11.3 Å². The lowest BCUT2D eigenvalue weighted by Crippen LogP contribution is -2.42. The molecular weight excluding hydrogens is 410 g/mol. The van der Waals surface area contributed by atoms with Gasteiger partial charge < -0.3 is 10.2 Å². The number of amides is 2. The van der Waals surface area contributed by atoms with Crippen LogP contribution in [0.25, 0.3) is 0 Å². The van der Waals surface area contributed by atoms with E-state index in [9.17, 15) is 18.0 Å². The van der Waals surface area contributed by atoms with E-state index in [0.717, 1.165) is 5.56 Å². The van der Waals surface area contributed by atoms with Gasteiger partial charge in [0.05, 0.1) is 16.6 Å². The minimum Gasteiger partial charge on any atom is -0.342 e. The topological polar surface area (TPSA) is 96.4 Å². The van der Waals surface area contributed by atoms with Gasteiger partial charge in [-0.05, 0) is 44.4 Å². The van der Waals surface area contributed by atoms with Crippen LogP contribution >= 0.6 is 11.3 Å². The fourth-order valence-electron chi connectivity index (χ4n) is 3.24. The van der Waals surface area contributed by atoms with E-state index >= 15 is 0 Å². The lowest BCUT2D eigenvalue weighted by atomic mass is 9.95. The second-order valence-corrected chi connectivity index (χ2v) is 10.8. The van der Waals surface area contributed by atoms with Crippen LogP contribution in [0.2, 0.25) is 0 Å². The second kappa shape index (κ2) is 9.04. The maximum atomic E-state index is 12.6. The average Bonchev–Trinajstić information content (AvgIpc) is 3.21. The van der Waals surface area contributed by atoms with Crippen LogP contribution in [0.4, 0.5) is 5.13 Å². The zero-order valence-electron chi connectivity index (χ0n) is 16.5. The lowest BCUT2D eigenvalue weighted by molar-refractivity contribution is -0.133. The maximum Gasteiger partial charge on any atom is 0.229 e. The van der Waals surface area contributed by atoms with Crippen molar-refractivity contribution in [2.75, 3.05) is 18.4 Å². The molecule has 0 aliphatic carbocycles. The van der Waals surface area contributed by atoms with E-state index in [1.165, 1.54) is 11.3 Å². The molecule has 7 nitrogen and oxygen atoms in total. The number of hydrogen-bond acceptors (Lipinski definition) is 6. The second-order valence-electron chi connectivity index (χ2n) is 7.40. The highest BCUT2D eigenvalue weighted by atomic mass is 32.2. The summed E-state index contributed by atoms with van der Waals surface area (Å²) in [6.07, 6.45) is 3.10. The normalized spacial score (nSPS) is 15.5. The Bertz CT molecular complexity index is 946. The highest BCUT2D eigenvalue weighted by Crippen LogP contribution is 2.22. The molecule has 156 valence electrons. The van der Waals surface area contributed by atoms with Crippen molar-refractivity contribution >= 4 is 38.1 Å². The Morgan fingerprint density at radius 1 is 1.21 bits per heavy atom. The summed E-state index contributed by atoms with van der Waals surface area (Å²) in [6, 6.07) is 6.52. The van der Waals surface area contributed by atoms with Gasteiger partial charge in [0.1, 0.15) is 0 Å². The van der Waals surface area contributed by atoms with Crippen LogP contribution in [0.5, 0.6) is 0 Å². The molecule has 1 aliphatic heterocycles. The van der Waals surface area contributed by atoms with Crippen LogP contribution in [0.3, 0.4) is 0 Å². The van der Waals surface area contributed by atoms with Crippen molar-refractivity contribution in [3.05, 3.63) is 41.4 Å². The third kappa shape index (κ3) is 5.22. The summed E-state index contributed by atoms with van der Waals surface area (Å²) in [7, 11) is -3.31. The van der Waals surface area contributed by atoms with E-state index in [2.05, 4.69) is 10.3 Å². The van der Waals surface area contributed by atoms with Gasteiger partial charge in [0.2, 0.25) is 11.8 Å². The van der Waals surface area contributed by atoms with Gasteiger partial charge in [-0.1, -0.05) is 12.1 Å². The number of benzene rings is 1. The van der Waals surface area contributed by atoms with Crippen molar-refractivity contribution in [3.63, 3.8) is 0 Å². The third-order valence-corrected chi connectivity index (χ3v) is 7.97. The first-order valence-corrected chi connectivity index (χ1v) is 12.0. The fourth-order valence-corrected chi connectivity index (χ4v) is 4.83. The highest BCUT2D eigenvalue weighted by Gasteiger charge is 2.28. The summed E-state index contributed by atoms with van der Waals surface area (Å²) in [6.45, 7) is 4.37. The molecule has 1 aliphatic rings. The summed E-state index contributed by atoms with van der Waals surface area (Å²) in [5.41, 5.74) is 0.779. The molecule has 1 fully saturated rings. The number of sulfone groups is 1. The number of nitrogens with zero attached hydrogens (tertiary/aromatic N) is 2. The number of carbonyl (C=O) groups is 2. The summed E-state index contributed by atoms with van der Waals surface area (Å²) in [4.78, 5) is 31.0. The first kappa shape index (κ1) is 21.4. The SMILES string of the molecule is CC(C)S(=O)(=O)c1ccc(CC(=O)N2CCC(C(=O)Nc3nccs3)CC2)cc1. The molecule has 9 heteroatoms. The number of carbonyl (C=O) groups excluding carboxylic acids is 2. The molecule has 1 N–H and O–H groups in total. The van der Waals surface area contributed by atoms with Crippen molar-refractivity contribution in [2.24, 2.45) is 5.92 Å². The van der Waals surface area contributed by atoms with Crippen LogP contribution in [0.1, 0.15) is 32.3 Å². The molecule has 0 spiro atoms. The molecule has 1 saturated heterocycles. The zero-order valence-corrected chi connectivity index (χ0v) is 18.1. The Morgan fingerprint density at radius 3 is 2.41 bits per heavy atom. The van der Waals surface area contributed by atoms with E-state index in [4.69, 9.17) is 0 Å². The quantitative estimate of drug-likeness (QED) is 0.753. The number of aromatic nitrogens is 1. The van der Waals surface area contributed by atoms with Gasteiger partial charge in [0.15, 0.2) is 15.0 Å². The van der Waals surface area contributed by atoms with Gasteiger partial charge in [0, 0.05) is 30.6 Å². The van der Waals surface area contributed by atoms with Gasteiger partial charge in [-0.3, -0.25) is 9.59 Å². The van der Waals surface area contributed by atoms with Gasteiger partial charge in [-0.25, -0.2) is 13.4 Å². The van der Waals surface area contributed by atoms with Gasteiger partial charge in [0.25, 0.3) is 0 Å². The molecule has 29 heavy (non-hydrogen) atoms. The number of piperidine rings is 1. The van der Waals surface area contributed by atoms with Crippen LogP contribution in [-0.2, 0) is 25.8 Å². The fraction of sp³-hybridized carbons (Fsp3) is 0.450. The van der Waals surface area contributed by atoms with E-state index in [1.54, 1.807) is 49.2 Å². The number of hydrogen-bond donors (Lipinski definition) is 1. The molecule has 0 atom stereocenters. The largest absolute Gasteiger partial charge is 0.342 e. The van der Waals surface area contributed by atoms with Crippen molar-refractivity contribution < 1.29 is 18.0 Å². The molecule has 0 unspecified atom stereocenters. The molecule has 1 aromatic heterocycles. The average molecular weight is 436 g/mol. The number of thiazole rings is 1. The first-order valence-electron chi connectivity index (χ1n) is 9.58. The summed E-state index contributed by atoms with van der Waals surface area (Å²) in [5.74, 6) is -0.180. The van der Waals surface area contributed by atoms with E-state index < -0.39 is 15.1 Å². The molecule has 1 aromatic carbocycles. The number of rotatable bonds is 6. The molecule has 2 amide bonds. The van der Waals surface area contributed by atoms with E-state index in [0.29, 0.717) is 31.1 Å². The van der Waals surface area contributed by atoms with Crippen LogP contribution in [0, 0.1) is 5.92 Å². The predicted molar refractivity (Wildman–Crippen MR) is 113 cm³/mol. The molecule has 0 bridgehead atoms. The zero-order chi connectivity index (χ0) is 21.0. The molecular formula is C20H25N3O4S2. The molecule has 0 radical (unpaired) electrons. The standard InChI is InChI=1S/C20H25N3O4S2/c1-14(2)29(26,27)17-5-3-15(4-6-17)13-18(24)23-10-7-16(8-11-23)19(25)22-20-21-9-12-28-20/h3-6,9,12,14,16H,7-8,10-11,13H2,1-2H3,(H,21,22,25). The molecule has 3 rings (SSSR count). The van der Waals surface area contributed by atoms with Crippen molar-refractivity contribution in [1.82, 2.24) is 9.88 Å². The van der Waals surface area contributed by atoms with Gasteiger partial charge in [-0.2, -0.15) is 0 Å². The monoisotopic (exact) mass is 435 g/mol. The van der Waals surface area contributed by atoms with Crippen molar-refractivity contribution in [2.45, 2.75) is 43.3 Å². The van der Waals surface area contributed by atoms with Crippen LogP contribution in [-0.4, -0.2) is 48.5 Å². The minimum absolute atomic E-state index is 0.0109. The van der Waals surface area contributed by atoms with Crippen LogP contribution in [0.15, 0.2) is 40.7 Å². The Kier molecular flexibility index (Phi) is 6.69. The number of anilines is 1. The molecule has 2 aromatic rings. The van der Waals surface area contributed by atoms with Crippen molar-refractivity contribution in [3.8, 4) is 0 Å². The minimum atomic E-state index is -3.31. The molecule has 2 heterocycles. The summed E-state index contributed by atoms with van der Waals surface area (Å²) in [5, 5.41) is 4.74. The third-order valence-electron chi connectivity index (χ3n) is 5.11. The number of likely N-dealkylation sites (tertiary alicyclic amines) is 1. The first-order chi connectivity index (χ1) is 13.8. The highest BCUT2D eigenvalue weighted by molar-refractivity contribution is 7.92. The maximum absolute atomic E-state index is 12.6. The predicted octanol–water partition coefficient (Wildman–Crippen LogP) is 2.75. The van der Waals surface area contributed by atoms with Crippen LogP contribution < -0.4 is 5.32 Å². The Morgan fingerprint density at radius 2 is 1.86 bits per heavy atom. The van der Waals surface area contributed by atoms with Crippen molar-refractivity contribution in [1.29, 1.82) is 0 Å². The Balaban J connectivity index is 1.51. The smallest absolute Gasteiger partial charge is 0.229 e. The summed E-state index contributed by atoms with van der Waals surface area (Å²) >= 11 is 1.38. The summed E-state index contributed by atoms with van der Waals surface area (Å²) < 4.78 is 24.4. The van der Waals surface area contributed by atoms with Gasteiger partial charge >= 0.3 is 0 Å². The van der Waals surface area contributed by atoms with E-state index in [-0.39, 0.29) is 29.0 Å². The molecule has 0 saturated carbocycles. The Labute approximate surface area is 175 Å². The lowest BCUT2D eigenvalue weighted by Gasteiger charge is -2.31. The Hall–Kier alpha value is -2.26.